The second-order valence-corrected chi connectivity index (χ2v) is 5.98. The molecular formula is C12H10N4O4S. The van der Waals surface area contributed by atoms with Crippen molar-refractivity contribution in [3.05, 3.63) is 42.4 Å². The maximum Gasteiger partial charge on any atom is 0.352 e. The third-order valence-corrected chi connectivity index (χ3v) is 4.27. The number of fused-ring (bicyclic) bond motifs is 1. The lowest BCUT2D eigenvalue weighted by atomic mass is 10.2. The standard InChI is InChI=1S/C12H10N4O4S/c17-12(18)11-4-7(5-13-11)21(19,20)16-10-3-1-2-9-8(10)6-14-15-9/h1-6,13,16H,(H,14,15)(H,17,18). The van der Waals surface area contributed by atoms with Gasteiger partial charge in [-0.05, 0) is 18.2 Å². The molecule has 1 aromatic carbocycles. The van der Waals surface area contributed by atoms with Gasteiger partial charge >= 0.3 is 5.97 Å². The molecule has 0 aliphatic carbocycles. The van der Waals surface area contributed by atoms with Crippen LogP contribution in [-0.4, -0.2) is 34.7 Å². The Hall–Kier alpha value is -2.81. The Balaban J connectivity index is 1.99. The smallest absolute Gasteiger partial charge is 0.352 e. The summed E-state index contributed by atoms with van der Waals surface area (Å²) in [5.41, 5.74) is 0.853. The summed E-state index contributed by atoms with van der Waals surface area (Å²) < 4.78 is 26.9. The number of hydrogen-bond donors (Lipinski definition) is 4. The first kappa shape index (κ1) is 13.2. The zero-order valence-corrected chi connectivity index (χ0v) is 11.3. The van der Waals surface area contributed by atoms with Crippen LogP contribution in [0.2, 0.25) is 0 Å². The number of aromatic amines is 2. The molecule has 3 rings (SSSR count). The summed E-state index contributed by atoms with van der Waals surface area (Å²) in [6.45, 7) is 0. The van der Waals surface area contributed by atoms with Gasteiger partial charge in [-0.15, -0.1) is 0 Å². The van der Waals surface area contributed by atoms with Gasteiger partial charge in [0.25, 0.3) is 10.0 Å². The second kappa shape index (κ2) is 4.63. The van der Waals surface area contributed by atoms with Gasteiger partial charge in [-0.3, -0.25) is 9.82 Å². The topological polar surface area (TPSA) is 128 Å². The van der Waals surface area contributed by atoms with E-state index in [1.54, 1.807) is 18.2 Å². The monoisotopic (exact) mass is 306 g/mol. The molecule has 0 fully saturated rings. The fourth-order valence-electron chi connectivity index (χ4n) is 1.91. The Morgan fingerprint density at radius 3 is 2.86 bits per heavy atom. The van der Waals surface area contributed by atoms with E-state index in [1.807, 2.05) is 0 Å². The molecular weight excluding hydrogens is 296 g/mol. The van der Waals surface area contributed by atoms with Crippen LogP contribution in [0.15, 0.2) is 41.6 Å². The fraction of sp³-hybridized carbons (Fsp3) is 0. The van der Waals surface area contributed by atoms with Gasteiger partial charge in [-0.25, -0.2) is 13.2 Å². The van der Waals surface area contributed by atoms with E-state index in [0.717, 1.165) is 12.3 Å². The van der Waals surface area contributed by atoms with Crippen molar-refractivity contribution in [2.45, 2.75) is 4.90 Å². The Bertz CT molecular complexity index is 926. The quantitative estimate of drug-likeness (QED) is 0.579. The first-order chi connectivity index (χ1) is 9.97. The van der Waals surface area contributed by atoms with Gasteiger partial charge in [0, 0.05) is 11.6 Å². The van der Waals surface area contributed by atoms with E-state index in [9.17, 15) is 13.2 Å². The van der Waals surface area contributed by atoms with Crippen LogP contribution in [0.4, 0.5) is 5.69 Å². The molecule has 0 radical (unpaired) electrons. The van der Waals surface area contributed by atoms with Crippen LogP contribution >= 0.6 is 0 Å². The number of nitrogens with zero attached hydrogens (tertiary/aromatic N) is 1. The molecule has 0 amide bonds. The summed E-state index contributed by atoms with van der Waals surface area (Å²) in [4.78, 5) is 13.0. The lowest BCUT2D eigenvalue weighted by Crippen LogP contribution is -2.12. The van der Waals surface area contributed by atoms with E-state index in [1.165, 1.54) is 6.20 Å². The molecule has 2 heterocycles. The Morgan fingerprint density at radius 1 is 1.33 bits per heavy atom. The van der Waals surface area contributed by atoms with E-state index in [0.29, 0.717) is 16.6 Å². The highest BCUT2D eigenvalue weighted by Gasteiger charge is 2.19. The van der Waals surface area contributed by atoms with Crippen LogP contribution in [0.3, 0.4) is 0 Å². The van der Waals surface area contributed by atoms with Gasteiger partial charge in [0.1, 0.15) is 10.6 Å². The molecule has 4 N–H and O–H groups in total. The molecule has 108 valence electrons. The number of sulfonamides is 1. The molecule has 3 aromatic rings. The summed E-state index contributed by atoms with van der Waals surface area (Å²) in [6.07, 6.45) is 2.63. The highest BCUT2D eigenvalue weighted by atomic mass is 32.2. The normalized spacial score (nSPS) is 11.6. The Labute approximate surface area is 118 Å². The Kier molecular flexibility index (Phi) is 2.91. The van der Waals surface area contributed by atoms with E-state index < -0.39 is 16.0 Å². The predicted octanol–water partition coefficient (Wildman–Crippen LogP) is 1.39. The van der Waals surface area contributed by atoms with Gasteiger partial charge in [0.2, 0.25) is 0 Å². The molecule has 0 saturated carbocycles. The number of anilines is 1. The summed E-state index contributed by atoms with van der Waals surface area (Å²) in [7, 11) is -3.88. The maximum absolute atomic E-state index is 12.2. The van der Waals surface area contributed by atoms with Gasteiger partial charge < -0.3 is 10.1 Å². The molecule has 0 saturated heterocycles. The molecule has 8 nitrogen and oxygen atoms in total. The van der Waals surface area contributed by atoms with Crippen molar-refractivity contribution in [1.82, 2.24) is 15.2 Å². The van der Waals surface area contributed by atoms with Crippen molar-refractivity contribution in [3.63, 3.8) is 0 Å². The fourth-order valence-corrected chi connectivity index (χ4v) is 2.99. The number of aromatic carboxylic acids is 1. The number of H-pyrrole nitrogens is 2. The average Bonchev–Trinajstić information content (AvgIpc) is 3.08. The third kappa shape index (κ3) is 2.34. The molecule has 9 heteroatoms. The highest BCUT2D eigenvalue weighted by Crippen LogP contribution is 2.24. The average molecular weight is 306 g/mol. The minimum Gasteiger partial charge on any atom is -0.477 e. The van der Waals surface area contributed by atoms with Gasteiger partial charge in [0.05, 0.1) is 17.4 Å². The first-order valence-corrected chi connectivity index (χ1v) is 7.32. The molecule has 0 unspecified atom stereocenters. The highest BCUT2D eigenvalue weighted by molar-refractivity contribution is 7.92. The van der Waals surface area contributed by atoms with Gasteiger partial charge in [0.15, 0.2) is 0 Å². The molecule has 0 atom stereocenters. The maximum atomic E-state index is 12.2. The van der Waals surface area contributed by atoms with Crippen LogP contribution < -0.4 is 4.72 Å². The Morgan fingerprint density at radius 2 is 2.14 bits per heavy atom. The predicted molar refractivity (Wildman–Crippen MR) is 74.7 cm³/mol. The molecule has 2 aromatic heterocycles. The van der Waals surface area contributed by atoms with Crippen LogP contribution in [0.1, 0.15) is 10.5 Å². The zero-order valence-electron chi connectivity index (χ0n) is 10.5. The molecule has 0 bridgehead atoms. The van der Waals surface area contributed by atoms with Crippen molar-refractivity contribution < 1.29 is 18.3 Å². The first-order valence-electron chi connectivity index (χ1n) is 5.84. The number of carboxylic acid groups (broad SMARTS) is 1. The van der Waals surface area contributed by atoms with E-state index in [-0.39, 0.29) is 10.6 Å². The van der Waals surface area contributed by atoms with Crippen molar-refractivity contribution in [3.8, 4) is 0 Å². The molecule has 21 heavy (non-hydrogen) atoms. The number of benzene rings is 1. The largest absolute Gasteiger partial charge is 0.477 e. The molecule has 0 spiro atoms. The minimum absolute atomic E-state index is 0.152. The lowest BCUT2D eigenvalue weighted by Gasteiger charge is -2.07. The lowest BCUT2D eigenvalue weighted by molar-refractivity contribution is 0.0691. The summed E-state index contributed by atoms with van der Waals surface area (Å²) in [5.74, 6) is -1.23. The van der Waals surface area contributed by atoms with Crippen LogP contribution in [0.25, 0.3) is 10.9 Å². The van der Waals surface area contributed by atoms with Crippen molar-refractivity contribution in [2.75, 3.05) is 4.72 Å². The number of carbonyl (C=O) groups is 1. The molecule has 0 aliphatic heterocycles. The van der Waals surface area contributed by atoms with E-state index >= 15 is 0 Å². The van der Waals surface area contributed by atoms with Gasteiger partial charge in [-0.1, -0.05) is 6.07 Å². The number of carboxylic acids is 1. The van der Waals surface area contributed by atoms with E-state index in [2.05, 4.69) is 19.9 Å². The third-order valence-electron chi connectivity index (χ3n) is 2.93. The van der Waals surface area contributed by atoms with Crippen LogP contribution in [-0.2, 0) is 10.0 Å². The summed E-state index contributed by atoms with van der Waals surface area (Å²) in [5, 5.41) is 16.0. The number of nitrogens with one attached hydrogen (secondary N) is 3. The molecule has 0 aliphatic rings. The summed E-state index contributed by atoms with van der Waals surface area (Å²) in [6, 6.07) is 6.09. The van der Waals surface area contributed by atoms with Crippen molar-refractivity contribution in [1.29, 1.82) is 0 Å². The number of hydrogen-bond acceptors (Lipinski definition) is 4. The minimum atomic E-state index is -3.88. The van der Waals surface area contributed by atoms with Gasteiger partial charge in [-0.2, -0.15) is 5.10 Å². The number of rotatable bonds is 4. The second-order valence-electron chi connectivity index (χ2n) is 4.30. The van der Waals surface area contributed by atoms with E-state index in [4.69, 9.17) is 5.11 Å². The SMILES string of the molecule is O=C(O)c1cc(S(=O)(=O)Nc2cccc3[nH]ncc23)c[nH]1. The van der Waals surface area contributed by atoms with Crippen molar-refractivity contribution >= 4 is 32.6 Å². The summed E-state index contributed by atoms with van der Waals surface area (Å²) >= 11 is 0. The zero-order chi connectivity index (χ0) is 15.0. The van der Waals surface area contributed by atoms with Crippen LogP contribution in [0, 0.1) is 0 Å². The number of aromatic nitrogens is 3. The van der Waals surface area contributed by atoms with Crippen LogP contribution in [0.5, 0.6) is 0 Å². The van der Waals surface area contributed by atoms with Crippen molar-refractivity contribution in [2.24, 2.45) is 0 Å².